The fourth-order valence-electron chi connectivity index (χ4n) is 2.73. The molecule has 1 N–H and O–H groups in total. The fourth-order valence-corrected chi connectivity index (χ4v) is 2.73. The van der Waals surface area contributed by atoms with Crippen molar-refractivity contribution in [3.63, 3.8) is 0 Å². The molecule has 0 aliphatic carbocycles. The Morgan fingerprint density at radius 3 is 2.48 bits per heavy atom. The molecule has 0 aromatic heterocycles. The van der Waals surface area contributed by atoms with Crippen molar-refractivity contribution in [1.82, 2.24) is 9.80 Å². The molecule has 116 valence electrons. The Hall–Kier alpha value is -1.55. The first kappa shape index (κ1) is 15.8. The van der Waals surface area contributed by atoms with Crippen LogP contribution in [0, 0.1) is 19.8 Å². The number of carbonyl (C=O) groups is 1. The van der Waals surface area contributed by atoms with Crippen molar-refractivity contribution in [1.29, 1.82) is 0 Å². The van der Waals surface area contributed by atoms with Gasteiger partial charge in [-0.1, -0.05) is 26.0 Å². The lowest BCUT2D eigenvalue weighted by atomic mass is 10.1. The molecular weight excluding hydrogens is 262 g/mol. The van der Waals surface area contributed by atoms with E-state index in [1.165, 1.54) is 5.56 Å². The van der Waals surface area contributed by atoms with Gasteiger partial charge in [0, 0.05) is 38.4 Å². The predicted molar refractivity (Wildman–Crippen MR) is 87.8 cm³/mol. The van der Waals surface area contributed by atoms with Crippen molar-refractivity contribution >= 4 is 11.7 Å². The Bertz CT molecular complexity index is 491. The minimum absolute atomic E-state index is 0.0212. The van der Waals surface area contributed by atoms with E-state index in [-0.39, 0.29) is 6.03 Å². The molecule has 0 unspecified atom stereocenters. The van der Waals surface area contributed by atoms with E-state index in [1.807, 2.05) is 24.0 Å². The van der Waals surface area contributed by atoms with Crippen molar-refractivity contribution in [2.45, 2.75) is 27.7 Å². The van der Waals surface area contributed by atoms with Gasteiger partial charge in [0.15, 0.2) is 0 Å². The molecule has 4 nitrogen and oxygen atoms in total. The molecule has 2 rings (SSSR count). The number of urea groups is 1. The summed E-state index contributed by atoms with van der Waals surface area (Å²) >= 11 is 0. The van der Waals surface area contributed by atoms with Crippen molar-refractivity contribution in [2.24, 2.45) is 5.92 Å². The molecule has 21 heavy (non-hydrogen) atoms. The molecule has 2 amide bonds. The summed E-state index contributed by atoms with van der Waals surface area (Å²) in [7, 11) is 0. The van der Waals surface area contributed by atoms with Crippen LogP contribution in [0.25, 0.3) is 0 Å². The minimum atomic E-state index is 0.0212. The van der Waals surface area contributed by atoms with Gasteiger partial charge in [0.2, 0.25) is 0 Å². The van der Waals surface area contributed by atoms with Gasteiger partial charge in [-0.25, -0.2) is 4.79 Å². The van der Waals surface area contributed by atoms with Crippen LogP contribution in [0.2, 0.25) is 0 Å². The highest BCUT2D eigenvalue weighted by Crippen LogP contribution is 2.18. The molecule has 1 heterocycles. The Morgan fingerprint density at radius 1 is 1.19 bits per heavy atom. The third-order valence-corrected chi connectivity index (χ3v) is 4.13. The average Bonchev–Trinajstić information content (AvgIpc) is 2.44. The Kier molecular flexibility index (Phi) is 5.23. The SMILES string of the molecule is Cc1cccc(NC(=O)N2CCN(CC(C)C)CC2)c1C. The molecule has 4 heteroatoms. The Balaban J connectivity index is 1.89. The van der Waals surface area contributed by atoms with Gasteiger partial charge in [-0.15, -0.1) is 0 Å². The quantitative estimate of drug-likeness (QED) is 0.928. The summed E-state index contributed by atoms with van der Waals surface area (Å²) in [6.07, 6.45) is 0. The van der Waals surface area contributed by atoms with E-state index in [9.17, 15) is 4.79 Å². The van der Waals surface area contributed by atoms with Crippen molar-refractivity contribution in [3.8, 4) is 0 Å². The standard InChI is InChI=1S/C17H27N3O/c1-13(2)12-19-8-10-20(11-9-19)17(21)18-16-7-5-6-14(3)15(16)4/h5-7,13H,8-12H2,1-4H3,(H,18,21). The van der Waals surface area contributed by atoms with Crippen molar-refractivity contribution in [3.05, 3.63) is 29.3 Å². The average molecular weight is 289 g/mol. The lowest BCUT2D eigenvalue weighted by Crippen LogP contribution is -2.50. The minimum Gasteiger partial charge on any atom is -0.322 e. The van der Waals surface area contributed by atoms with Crippen molar-refractivity contribution in [2.75, 3.05) is 38.0 Å². The Morgan fingerprint density at radius 2 is 1.86 bits per heavy atom. The van der Waals surface area contributed by atoms with Crippen molar-refractivity contribution < 1.29 is 4.79 Å². The van der Waals surface area contributed by atoms with Gasteiger partial charge in [-0.3, -0.25) is 4.90 Å². The summed E-state index contributed by atoms with van der Waals surface area (Å²) in [5.41, 5.74) is 3.27. The third-order valence-electron chi connectivity index (χ3n) is 4.13. The first-order chi connectivity index (χ1) is 9.97. The monoisotopic (exact) mass is 289 g/mol. The number of piperazine rings is 1. The van der Waals surface area contributed by atoms with Crippen LogP contribution in [0.3, 0.4) is 0 Å². The molecule has 1 aliphatic rings. The van der Waals surface area contributed by atoms with Gasteiger partial charge in [-0.2, -0.15) is 0 Å². The molecule has 1 aromatic carbocycles. The van der Waals surface area contributed by atoms with Gasteiger partial charge < -0.3 is 10.2 Å². The zero-order valence-electron chi connectivity index (χ0n) is 13.6. The van der Waals surface area contributed by atoms with E-state index in [0.29, 0.717) is 5.92 Å². The summed E-state index contributed by atoms with van der Waals surface area (Å²) in [5.74, 6) is 0.681. The number of nitrogens with zero attached hydrogens (tertiary/aromatic N) is 2. The van der Waals surface area contributed by atoms with Gasteiger partial charge >= 0.3 is 6.03 Å². The largest absolute Gasteiger partial charge is 0.322 e. The van der Waals surface area contributed by atoms with Crippen LogP contribution in [0.1, 0.15) is 25.0 Å². The van der Waals surface area contributed by atoms with E-state index < -0.39 is 0 Å². The number of amides is 2. The molecule has 0 saturated carbocycles. The fraction of sp³-hybridized carbons (Fsp3) is 0.588. The Labute approximate surface area is 128 Å². The first-order valence-electron chi connectivity index (χ1n) is 7.82. The van der Waals surface area contributed by atoms with E-state index >= 15 is 0 Å². The second-order valence-corrected chi connectivity index (χ2v) is 6.36. The van der Waals surface area contributed by atoms with Gasteiger partial charge in [0.1, 0.15) is 0 Å². The summed E-state index contributed by atoms with van der Waals surface area (Å²) < 4.78 is 0. The molecular formula is C17H27N3O. The van der Waals surface area contributed by atoms with Gasteiger partial charge in [0.25, 0.3) is 0 Å². The summed E-state index contributed by atoms with van der Waals surface area (Å²) in [6.45, 7) is 13.3. The van der Waals surface area contributed by atoms with Crippen LogP contribution < -0.4 is 5.32 Å². The van der Waals surface area contributed by atoms with Gasteiger partial charge in [-0.05, 0) is 37.0 Å². The maximum atomic E-state index is 12.4. The maximum absolute atomic E-state index is 12.4. The van der Waals surface area contributed by atoms with Crippen LogP contribution in [0.15, 0.2) is 18.2 Å². The lowest BCUT2D eigenvalue weighted by Gasteiger charge is -2.35. The van der Waals surface area contributed by atoms with Crippen LogP contribution in [0.4, 0.5) is 10.5 Å². The molecule has 0 spiro atoms. The molecule has 0 atom stereocenters. The third kappa shape index (κ3) is 4.21. The molecule has 1 aromatic rings. The zero-order chi connectivity index (χ0) is 15.4. The molecule has 0 radical (unpaired) electrons. The number of anilines is 1. The number of rotatable bonds is 3. The number of benzene rings is 1. The second kappa shape index (κ2) is 6.94. The van der Waals surface area contributed by atoms with Gasteiger partial charge in [0.05, 0.1) is 0 Å². The highest BCUT2D eigenvalue weighted by atomic mass is 16.2. The summed E-state index contributed by atoms with van der Waals surface area (Å²) in [6, 6.07) is 6.04. The normalized spacial score (nSPS) is 16.3. The highest BCUT2D eigenvalue weighted by Gasteiger charge is 2.21. The molecule has 1 aliphatic heterocycles. The molecule has 0 bridgehead atoms. The van der Waals surface area contributed by atoms with E-state index in [2.05, 4.69) is 37.1 Å². The number of hydrogen-bond donors (Lipinski definition) is 1. The lowest BCUT2D eigenvalue weighted by molar-refractivity contribution is 0.138. The first-order valence-corrected chi connectivity index (χ1v) is 7.82. The maximum Gasteiger partial charge on any atom is 0.321 e. The summed E-state index contributed by atoms with van der Waals surface area (Å²) in [4.78, 5) is 16.7. The predicted octanol–water partition coefficient (Wildman–Crippen LogP) is 3.11. The van der Waals surface area contributed by atoms with Crippen LogP contribution in [-0.4, -0.2) is 48.6 Å². The van der Waals surface area contributed by atoms with Crippen LogP contribution >= 0.6 is 0 Å². The molecule has 1 fully saturated rings. The number of nitrogens with one attached hydrogen (secondary N) is 1. The number of carbonyl (C=O) groups excluding carboxylic acids is 1. The smallest absolute Gasteiger partial charge is 0.321 e. The zero-order valence-corrected chi connectivity index (χ0v) is 13.6. The highest BCUT2D eigenvalue weighted by molar-refractivity contribution is 5.90. The topological polar surface area (TPSA) is 35.6 Å². The van der Waals surface area contributed by atoms with E-state index in [4.69, 9.17) is 0 Å². The number of hydrogen-bond acceptors (Lipinski definition) is 2. The number of aryl methyl sites for hydroxylation is 1. The summed E-state index contributed by atoms with van der Waals surface area (Å²) in [5, 5.41) is 3.04. The van der Waals surface area contributed by atoms with E-state index in [0.717, 1.165) is 44.0 Å². The van der Waals surface area contributed by atoms with Crippen LogP contribution in [0.5, 0.6) is 0 Å². The van der Waals surface area contributed by atoms with E-state index in [1.54, 1.807) is 0 Å². The van der Waals surface area contributed by atoms with Crippen LogP contribution in [-0.2, 0) is 0 Å². The molecule has 1 saturated heterocycles. The second-order valence-electron chi connectivity index (χ2n) is 6.36.